The lowest BCUT2D eigenvalue weighted by molar-refractivity contribution is 0.647. The van der Waals surface area contributed by atoms with Crippen LogP contribution >= 0.6 is 0 Å². The number of pyridine rings is 1. The van der Waals surface area contributed by atoms with Gasteiger partial charge in [-0.2, -0.15) is 9.61 Å². The highest BCUT2D eigenvalue weighted by Gasteiger charge is 2.20. The van der Waals surface area contributed by atoms with E-state index in [4.69, 9.17) is 4.98 Å². The van der Waals surface area contributed by atoms with Gasteiger partial charge >= 0.3 is 0 Å². The molecule has 0 atom stereocenters. The normalized spacial score (nSPS) is 14.3. The lowest BCUT2D eigenvalue weighted by atomic mass is 10.0. The molecule has 0 aliphatic carbocycles. The topological polar surface area (TPSA) is 61.6 Å². The van der Waals surface area contributed by atoms with Crippen molar-refractivity contribution in [2.45, 2.75) is 6.54 Å². The van der Waals surface area contributed by atoms with E-state index in [-0.39, 0.29) is 0 Å². The highest BCUT2D eigenvalue weighted by Crippen LogP contribution is 2.22. The molecule has 1 saturated heterocycles. The second-order valence-electron chi connectivity index (χ2n) is 7.59. The third-order valence-electron chi connectivity index (χ3n) is 5.56. The summed E-state index contributed by atoms with van der Waals surface area (Å²) in [6, 6.07) is 16.7. The van der Waals surface area contributed by atoms with E-state index in [0.717, 1.165) is 54.5 Å². The molecule has 1 aliphatic heterocycles. The third kappa shape index (κ3) is 3.68. The van der Waals surface area contributed by atoms with Crippen LogP contribution in [0.1, 0.15) is 5.56 Å². The quantitative estimate of drug-likeness (QED) is 0.513. The molecule has 0 saturated carbocycles. The molecule has 150 valence electrons. The fourth-order valence-electron chi connectivity index (χ4n) is 3.88. The summed E-state index contributed by atoms with van der Waals surface area (Å²) >= 11 is 0. The average molecular weight is 397 g/mol. The fraction of sp³-hybridized carbons (Fsp3) is 0.227. The Morgan fingerprint density at radius 1 is 0.933 bits per heavy atom. The molecule has 1 aromatic carbocycles. The van der Waals surface area contributed by atoms with Crippen LogP contribution in [0.15, 0.2) is 67.1 Å². The Morgan fingerprint density at radius 3 is 2.50 bits per heavy atom. The summed E-state index contributed by atoms with van der Waals surface area (Å²) in [5, 5.41) is 8.03. The number of hydrogen-bond donors (Lipinski definition) is 1. The monoisotopic (exact) mass is 397 g/mol. The Balaban J connectivity index is 1.37. The zero-order valence-electron chi connectivity index (χ0n) is 17.1. The Hall–Kier alpha value is -3.55. The van der Waals surface area contributed by atoms with Crippen molar-refractivity contribution in [1.82, 2.24) is 19.6 Å². The van der Waals surface area contributed by atoms with Gasteiger partial charge in [0.2, 0.25) is 0 Å². The maximum Gasteiger partial charge on any atom is 0.153 e. The lowest BCUT2D eigenvalue weighted by Crippen LogP contribution is -2.47. The Morgan fingerprint density at radius 2 is 1.73 bits per heavy atom. The highest BCUT2D eigenvalue weighted by atomic mass is 15.3. The van der Waals surface area contributed by atoms with Crippen LogP contribution in [0.4, 0.5) is 17.3 Å². The first-order valence-electron chi connectivity index (χ1n) is 10.3. The minimum Gasteiger partial charge on any atom is -0.368 e. The molecular weight excluding hydrogens is 373 g/mol. The molecule has 0 bridgehead atoms. The second kappa shape index (κ2) is 8.06. The number of para-hydroxylation sites is 1. The largest absolute Gasteiger partial charge is 0.368 e. The van der Waals surface area contributed by atoms with Crippen LogP contribution in [0.25, 0.3) is 5.65 Å². The number of piperazine rings is 1. The smallest absolute Gasteiger partial charge is 0.153 e. The first-order valence-corrected chi connectivity index (χ1v) is 10.3. The van der Waals surface area contributed by atoms with Crippen LogP contribution in [0.2, 0.25) is 0 Å². The van der Waals surface area contributed by atoms with Gasteiger partial charge in [-0.3, -0.25) is 4.98 Å². The zero-order valence-corrected chi connectivity index (χ0v) is 17.1. The van der Waals surface area contributed by atoms with E-state index in [9.17, 15) is 0 Å². The summed E-state index contributed by atoms with van der Waals surface area (Å²) in [6.07, 6.45) is 5.54. The van der Waals surface area contributed by atoms with Crippen LogP contribution in [0.3, 0.4) is 0 Å². The van der Waals surface area contributed by atoms with Crippen LogP contribution in [0.5, 0.6) is 0 Å². The summed E-state index contributed by atoms with van der Waals surface area (Å²) in [7, 11) is 2.05. The molecule has 0 unspecified atom stereocenters. The minimum atomic E-state index is 0.688. The van der Waals surface area contributed by atoms with Crippen LogP contribution < -0.4 is 20.6 Å². The number of benzene rings is 1. The molecule has 4 aromatic rings. The second-order valence-corrected chi connectivity index (χ2v) is 7.59. The van der Waals surface area contributed by atoms with Gasteiger partial charge in [0.05, 0.1) is 0 Å². The number of hydrogen-bond acceptors (Lipinski definition) is 6. The predicted molar refractivity (Wildman–Crippen MR) is 124 cm³/mol. The van der Waals surface area contributed by atoms with Gasteiger partial charge in [-0.25, -0.2) is 4.98 Å². The summed E-state index contributed by atoms with van der Waals surface area (Å²) < 4.78 is 1.88. The van der Waals surface area contributed by atoms with E-state index in [2.05, 4.69) is 75.5 Å². The SMILES string of the molecule is Bc1cnn2c(NCc3cccnc3)cc(N3CCN(c4ccccc4)CC3)nc12. The molecule has 5 rings (SSSR count). The number of rotatable bonds is 5. The number of nitrogens with one attached hydrogen (secondary N) is 1. The summed E-state index contributed by atoms with van der Waals surface area (Å²) in [6.45, 7) is 4.52. The van der Waals surface area contributed by atoms with E-state index < -0.39 is 0 Å². The van der Waals surface area contributed by atoms with Gasteiger partial charge in [-0.05, 0) is 29.2 Å². The molecule has 7 nitrogen and oxygen atoms in total. The number of aromatic nitrogens is 4. The van der Waals surface area contributed by atoms with Gasteiger partial charge in [0.1, 0.15) is 19.5 Å². The van der Waals surface area contributed by atoms with Gasteiger partial charge in [0.15, 0.2) is 5.65 Å². The lowest BCUT2D eigenvalue weighted by Gasteiger charge is -2.36. The van der Waals surface area contributed by atoms with Crippen LogP contribution in [0, 0.1) is 0 Å². The molecule has 3 aromatic heterocycles. The molecule has 8 heteroatoms. The van der Waals surface area contributed by atoms with E-state index >= 15 is 0 Å². The van der Waals surface area contributed by atoms with Gasteiger partial charge in [-0.1, -0.05) is 24.3 Å². The maximum atomic E-state index is 4.93. The standard InChI is InChI=1S/C22H24BN7/c23-19-16-26-30-20(25-15-17-5-4-8-24-14-17)13-21(27-22(19)30)29-11-9-28(10-12-29)18-6-2-1-3-7-18/h1-8,13-14,16,25H,9-12,15,23H2. The summed E-state index contributed by atoms with van der Waals surface area (Å²) in [5.74, 6) is 1.94. The highest BCUT2D eigenvalue weighted by molar-refractivity contribution is 6.36. The first-order chi connectivity index (χ1) is 14.8. The van der Waals surface area contributed by atoms with Crippen LogP contribution in [-0.4, -0.2) is 53.6 Å². The Bertz CT molecular complexity index is 1120. The van der Waals surface area contributed by atoms with Crippen molar-refractivity contribution in [3.05, 3.63) is 72.7 Å². The minimum absolute atomic E-state index is 0.688. The molecule has 1 N–H and O–H groups in total. The zero-order chi connectivity index (χ0) is 20.3. The summed E-state index contributed by atoms with van der Waals surface area (Å²) in [5.41, 5.74) is 4.38. The van der Waals surface area contributed by atoms with E-state index in [1.807, 2.05) is 23.0 Å². The molecule has 30 heavy (non-hydrogen) atoms. The van der Waals surface area contributed by atoms with Gasteiger partial charge in [0, 0.05) is 63.1 Å². The van der Waals surface area contributed by atoms with Crippen molar-refractivity contribution >= 4 is 36.3 Å². The number of anilines is 3. The number of fused-ring (bicyclic) bond motifs is 1. The average Bonchev–Trinajstić information content (AvgIpc) is 3.20. The van der Waals surface area contributed by atoms with Gasteiger partial charge in [-0.15, -0.1) is 0 Å². The van der Waals surface area contributed by atoms with Crippen molar-refractivity contribution in [2.75, 3.05) is 41.3 Å². The van der Waals surface area contributed by atoms with Crippen molar-refractivity contribution in [3.63, 3.8) is 0 Å². The molecule has 0 amide bonds. The Labute approximate surface area is 176 Å². The van der Waals surface area contributed by atoms with Crippen molar-refractivity contribution in [2.24, 2.45) is 0 Å². The van der Waals surface area contributed by atoms with Crippen molar-refractivity contribution in [3.8, 4) is 0 Å². The van der Waals surface area contributed by atoms with Gasteiger partial charge < -0.3 is 15.1 Å². The van der Waals surface area contributed by atoms with Crippen molar-refractivity contribution in [1.29, 1.82) is 0 Å². The van der Waals surface area contributed by atoms with Crippen LogP contribution in [-0.2, 0) is 6.54 Å². The van der Waals surface area contributed by atoms with E-state index in [1.165, 1.54) is 5.69 Å². The molecule has 0 radical (unpaired) electrons. The van der Waals surface area contributed by atoms with Gasteiger partial charge in [0.25, 0.3) is 0 Å². The number of nitrogens with zero attached hydrogens (tertiary/aromatic N) is 6. The third-order valence-corrected chi connectivity index (χ3v) is 5.56. The first kappa shape index (κ1) is 18.5. The molecular formula is C22H24BN7. The maximum absolute atomic E-state index is 4.93. The van der Waals surface area contributed by atoms with E-state index in [1.54, 1.807) is 6.20 Å². The van der Waals surface area contributed by atoms with E-state index in [0.29, 0.717) is 6.54 Å². The van der Waals surface area contributed by atoms with Crippen molar-refractivity contribution < 1.29 is 0 Å². The molecule has 1 aliphatic rings. The summed E-state index contributed by atoms with van der Waals surface area (Å²) in [4.78, 5) is 13.9. The molecule has 4 heterocycles. The predicted octanol–water partition coefficient (Wildman–Crippen LogP) is 1.32. The molecule has 1 fully saturated rings. The Kier molecular flexibility index (Phi) is 4.97. The molecule has 0 spiro atoms. The fourth-order valence-corrected chi connectivity index (χ4v) is 3.88.